The number of rotatable bonds is 3. The van der Waals surface area contributed by atoms with Gasteiger partial charge < -0.3 is 11.1 Å². The van der Waals surface area contributed by atoms with Crippen LogP contribution in [0.25, 0.3) is 0 Å². The molecular weight excluding hydrogens is 275 g/mol. The van der Waals surface area contributed by atoms with Gasteiger partial charge >= 0.3 is 0 Å². The fourth-order valence-corrected chi connectivity index (χ4v) is 1.93. The van der Waals surface area contributed by atoms with Crippen LogP contribution in [0.5, 0.6) is 0 Å². The first kappa shape index (κ1) is 14.1. The predicted octanol–water partition coefficient (Wildman–Crippen LogP) is 3.02. The monoisotopic (exact) mass is 288 g/mol. The van der Waals surface area contributed by atoms with E-state index in [2.05, 4.69) is 5.32 Å². The highest BCUT2D eigenvalue weighted by Crippen LogP contribution is 2.14. The number of nitrogens with two attached hydrogens (primary N) is 1. The number of halogens is 1. The van der Waals surface area contributed by atoms with Crippen molar-refractivity contribution in [3.63, 3.8) is 0 Å². The number of hydrogen-bond acceptors (Lipinski definition) is 2. The van der Waals surface area contributed by atoms with Crippen molar-refractivity contribution in [2.75, 3.05) is 5.32 Å². The topological polar surface area (TPSA) is 55.1 Å². The van der Waals surface area contributed by atoms with E-state index in [1.165, 1.54) is 18.2 Å². The second kappa shape index (κ2) is 5.79. The number of nitrogens with one attached hydrogen (secondary N) is 1. The molecule has 0 aliphatic rings. The van der Waals surface area contributed by atoms with Gasteiger partial charge in [-0.15, -0.1) is 0 Å². The van der Waals surface area contributed by atoms with Crippen LogP contribution in [0, 0.1) is 12.7 Å². The molecule has 0 saturated heterocycles. The molecule has 2 aromatic rings. The molecule has 20 heavy (non-hydrogen) atoms. The van der Waals surface area contributed by atoms with Gasteiger partial charge in [-0.1, -0.05) is 12.2 Å². The maximum atomic E-state index is 13.0. The standard InChI is InChI=1S/C15H13FN2OS/c1-9-8-11(16)4-7-13(9)15(19)18-12-5-2-10(3-6-12)14(17)20/h2-8H,1H3,(H2,17,20)(H,18,19). The molecule has 3 nitrogen and oxygen atoms in total. The number of thiocarbonyl (C=S) groups is 1. The molecular formula is C15H13FN2OS. The van der Waals surface area contributed by atoms with E-state index in [4.69, 9.17) is 18.0 Å². The van der Waals surface area contributed by atoms with Crippen molar-refractivity contribution >= 4 is 28.8 Å². The Labute approximate surface area is 121 Å². The van der Waals surface area contributed by atoms with Gasteiger partial charge in [0.15, 0.2) is 0 Å². The van der Waals surface area contributed by atoms with Crippen LogP contribution in [0.4, 0.5) is 10.1 Å². The number of carbonyl (C=O) groups excluding carboxylic acids is 1. The first-order valence-electron chi connectivity index (χ1n) is 5.95. The number of aryl methyl sites for hydroxylation is 1. The highest BCUT2D eigenvalue weighted by molar-refractivity contribution is 7.80. The molecule has 0 fully saturated rings. The first-order chi connectivity index (χ1) is 9.47. The summed E-state index contributed by atoms with van der Waals surface area (Å²) in [5, 5.41) is 2.74. The lowest BCUT2D eigenvalue weighted by Gasteiger charge is -2.08. The Morgan fingerprint density at radius 3 is 2.40 bits per heavy atom. The number of hydrogen-bond donors (Lipinski definition) is 2. The van der Waals surface area contributed by atoms with Crippen LogP contribution in [0.3, 0.4) is 0 Å². The summed E-state index contributed by atoms with van der Waals surface area (Å²) in [6.07, 6.45) is 0. The zero-order chi connectivity index (χ0) is 14.7. The summed E-state index contributed by atoms with van der Waals surface area (Å²) >= 11 is 4.85. The molecule has 5 heteroatoms. The van der Waals surface area contributed by atoms with E-state index in [1.807, 2.05) is 0 Å². The van der Waals surface area contributed by atoms with Gasteiger partial charge in [-0.05, 0) is 55.0 Å². The Kier molecular flexibility index (Phi) is 4.10. The summed E-state index contributed by atoms with van der Waals surface area (Å²) in [7, 11) is 0. The molecule has 0 radical (unpaired) electrons. The van der Waals surface area contributed by atoms with Crippen LogP contribution in [0.15, 0.2) is 42.5 Å². The van der Waals surface area contributed by atoms with Gasteiger partial charge in [-0.3, -0.25) is 4.79 Å². The minimum atomic E-state index is -0.361. The van der Waals surface area contributed by atoms with Crippen molar-refractivity contribution < 1.29 is 9.18 Å². The number of amides is 1. The maximum absolute atomic E-state index is 13.0. The predicted molar refractivity (Wildman–Crippen MR) is 81.4 cm³/mol. The molecule has 1 amide bonds. The third-order valence-corrected chi connectivity index (χ3v) is 3.10. The lowest BCUT2D eigenvalue weighted by molar-refractivity contribution is 0.102. The first-order valence-corrected chi connectivity index (χ1v) is 6.35. The van der Waals surface area contributed by atoms with Crippen LogP contribution in [-0.4, -0.2) is 10.9 Å². The molecule has 102 valence electrons. The third-order valence-electron chi connectivity index (χ3n) is 2.86. The third kappa shape index (κ3) is 3.19. The Hall–Kier alpha value is -2.27. The molecule has 0 saturated carbocycles. The average molecular weight is 288 g/mol. The lowest BCUT2D eigenvalue weighted by atomic mass is 10.1. The van der Waals surface area contributed by atoms with Crippen molar-refractivity contribution in [2.45, 2.75) is 6.92 Å². The van der Waals surface area contributed by atoms with Gasteiger partial charge in [0.2, 0.25) is 0 Å². The van der Waals surface area contributed by atoms with Gasteiger partial charge in [0.25, 0.3) is 5.91 Å². The van der Waals surface area contributed by atoms with Crippen LogP contribution in [-0.2, 0) is 0 Å². The highest BCUT2D eigenvalue weighted by atomic mass is 32.1. The average Bonchev–Trinajstić information content (AvgIpc) is 2.39. The minimum Gasteiger partial charge on any atom is -0.389 e. The Bertz CT molecular complexity index is 668. The number of benzene rings is 2. The second-order valence-corrected chi connectivity index (χ2v) is 4.79. The fourth-order valence-electron chi connectivity index (χ4n) is 1.80. The molecule has 3 N–H and O–H groups in total. The summed E-state index contributed by atoms with van der Waals surface area (Å²) in [5.74, 6) is -0.648. The van der Waals surface area contributed by atoms with E-state index >= 15 is 0 Å². The van der Waals surface area contributed by atoms with Gasteiger partial charge in [-0.2, -0.15) is 0 Å². The summed E-state index contributed by atoms with van der Waals surface area (Å²) in [4.78, 5) is 12.4. The molecule has 0 bridgehead atoms. The molecule has 0 heterocycles. The van der Waals surface area contributed by atoms with Gasteiger partial charge in [-0.25, -0.2) is 4.39 Å². The highest BCUT2D eigenvalue weighted by Gasteiger charge is 2.10. The van der Waals surface area contributed by atoms with Crippen molar-refractivity contribution in [2.24, 2.45) is 5.73 Å². The zero-order valence-corrected chi connectivity index (χ0v) is 11.6. The SMILES string of the molecule is Cc1cc(F)ccc1C(=O)Nc1ccc(C(N)=S)cc1. The van der Waals surface area contributed by atoms with Crippen molar-refractivity contribution in [3.8, 4) is 0 Å². The van der Waals surface area contributed by atoms with E-state index in [0.29, 0.717) is 21.8 Å². The molecule has 2 aromatic carbocycles. The summed E-state index contributed by atoms with van der Waals surface area (Å²) in [6, 6.07) is 10.9. The maximum Gasteiger partial charge on any atom is 0.255 e. The molecule has 0 aliphatic heterocycles. The zero-order valence-electron chi connectivity index (χ0n) is 10.8. The van der Waals surface area contributed by atoms with Crippen molar-refractivity contribution in [1.29, 1.82) is 0 Å². The number of carbonyl (C=O) groups is 1. The summed E-state index contributed by atoms with van der Waals surface area (Å²) < 4.78 is 13.0. The molecule has 0 unspecified atom stereocenters. The van der Waals surface area contributed by atoms with Gasteiger partial charge in [0.05, 0.1) is 0 Å². The molecule has 0 atom stereocenters. The fraction of sp³-hybridized carbons (Fsp3) is 0.0667. The Morgan fingerprint density at radius 2 is 1.85 bits per heavy atom. The quantitative estimate of drug-likeness (QED) is 0.854. The van der Waals surface area contributed by atoms with Crippen LogP contribution < -0.4 is 11.1 Å². The largest absolute Gasteiger partial charge is 0.389 e. The Balaban J connectivity index is 2.17. The minimum absolute atomic E-state index is 0.287. The molecule has 2 rings (SSSR count). The van der Waals surface area contributed by atoms with Crippen LogP contribution >= 0.6 is 12.2 Å². The Morgan fingerprint density at radius 1 is 1.20 bits per heavy atom. The summed E-state index contributed by atoms with van der Waals surface area (Å²) in [5.41, 5.74) is 7.88. The van der Waals surface area contributed by atoms with Crippen LogP contribution in [0.2, 0.25) is 0 Å². The van der Waals surface area contributed by atoms with E-state index in [-0.39, 0.29) is 11.7 Å². The molecule has 0 spiro atoms. The van der Waals surface area contributed by atoms with Gasteiger partial charge in [0.1, 0.15) is 10.8 Å². The van der Waals surface area contributed by atoms with E-state index in [1.54, 1.807) is 31.2 Å². The van der Waals surface area contributed by atoms with E-state index in [0.717, 1.165) is 5.56 Å². The summed E-state index contributed by atoms with van der Waals surface area (Å²) in [6.45, 7) is 1.69. The van der Waals surface area contributed by atoms with Crippen LogP contribution in [0.1, 0.15) is 21.5 Å². The molecule has 0 aliphatic carbocycles. The number of anilines is 1. The van der Waals surface area contributed by atoms with E-state index in [9.17, 15) is 9.18 Å². The smallest absolute Gasteiger partial charge is 0.255 e. The lowest BCUT2D eigenvalue weighted by Crippen LogP contribution is -2.14. The van der Waals surface area contributed by atoms with Gasteiger partial charge in [0, 0.05) is 16.8 Å². The van der Waals surface area contributed by atoms with Crippen molar-refractivity contribution in [3.05, 3.63) is 65.0 Å². The molecule has 0 aromatic heterocycles. The van der Waals surface area contributed by atoms with Crippen molar-refractivity contribution in [1.82, 2.24) is 0 Å². The van der Waals surface area contributed by atoms with E-state index < -0.39 is 0 Å². The normalized spacial score (nSPS) is 10.1. The second-order valence-electron chi connectivity index (χ2n) is 4.35.